The Morgan fingerprint density at radius 3 is 2.27 bits per heavy atom. The van der Waals surface area contributed by atoms with Crippen LogP contribution in [0.5, 0.6) is 0 Å². The van der Waals surface area contributed by atoms with Gasteiger partial charge >= 0.3 is 0 Å². The maximum Gasteiger partial charge on any atom is 0.272 e. The van der Waals surface area contributed by atoms with Crippen LogP contribution >= 0.6 is 23.2 Å². The quantitative estimate of drug-likeness (QED) is 0.611. The zero-order valence-corrected chi connectivity index (χ0v) is 17.9. The molecule has 1 aliphatic rings. The molecule has 0 unspecified atom stereocenters. The van der Waals surface area contributed by atoms with Crippen molar-refractivity contribution in [1.29, 1.82) is 0 Å². The molecule has 0 spiro atoms. The molecule has 4 rings (SSSR count). The minimum atomic E-state index is -0.149. The second kappa shape index (κ2) is 8.50. The summed E-state index contributed by atoms with van der Waals surface area (Å²) in [6, 6.07) is 16.3. The smallest absolute Gasteiger partial charge is 0.272 e. The summed E-state index contributed by atoms with van der Waals surface area (Å²) in [5, 5.41) is 5.78. The maximum atomic E-state index is 13.4. The van der Waals surface area contributed by atoms with Crippen molar-refractivity contribution in [3.05, 3.63) is 70.3 Å². The van der Waals surface area contributed by atoms with Gasteiger partial charge in [0.1, 0.15) is 5.69 Å². The van der Waals surface area contributed by atoms with E-state index in [4.69, 9.17) is 23.2 Å². The zero-order valence-electron chi connectivity index (χ0n) is 16.4. The van der Waals surface area contributed by atoms with Crippen LogP contribution in [-0.4, -0.2) is 57.6 Å². The van der Waals surface area contributed by atoms with Gasteiger partial charge in [0.25, 0.3) is 5.91 Å². The van der Waals surface area contributed by atoms with Gasteiger partial charge in [0, 0.05) is 43.7 Å². The van der Waals surface area contributed by atoms with Crippen molar-refractivity contribution in [3.8, 4) is 16.9 Å². The largest absolute Gasteiger partial charge is 0.339 e. The number of aromatic nitrogens is 2. The lowest BCUT2D eigenvalue weighted by Crippen LogP contribution is -2.50. The number of carbonyl (C=O) groups excluding carboxylic acids is 2. The molecule has 0 saturated carbocycles. The first-order valence-electron chi connectivity index (χ1n) is 9.60. The SMILES string of the molecule is CC(=O)N1CCN(C(=O)c2cc(-c3ccccc3Cl)nn2-c2cccc(Cl)c2)CC1. The predicted molar refractivity (Wildman–Crippen MR) is 117 cm³/mol. The Kier molecular flexibility index (Phi) is 5.79. The summed E-state index contributed by atoms with van der Waals surface area (Å²) in [5.41, 5.74) is 2.46. The third-order valence-electron chi connectivity index (χ3n) is 5.14. The fourth-order valence-electron chi connectivity index (χ4n) is 3.53. The number of rotatable bonds is 3. The molecule has 0 radical (unpaired) electrons. The van der Waals surface area contributed by atoms with E-state index in [0.717, 1.165) is 5.56 Å². The number of nitrogens with zero attached hydrogens (tertiary/aromatic N) is 4. The third kappa shape index (κ3) is 4.06. The van der Waals surface area contributed by atoms with Gasteiger partial charge in [0.2, 0.25) is 5.91 Å². The average molecular weight is 443 g/mol. The summed E-state index contributed by atoms with van der Waals surface area (Å²) in [4.78, 5) is 28.5. The van der Waals surface area contributed by atoms with Gasteiger partial charge in [-0.15, -0.1) is 0 Å². The van der Waals surface area contributed by atoms with Gasteiger partial charge < -0.3 is 9.80 Å². The van der Waals surface area contributed by atoms with Gasteiger partial charge in [-0.1, -0.05) is 47.5 Å². The minimum absolute atomic E-state index is 0.0204. The van der Waals surface area contributed by atoms with Gasteiger partial charge in [-0.3, -0.25) is 9.59 Å². The van der Waals surface area contributed by atoms with Crippen molar-refractivity contribution < 1.29 is 9.59 Å². The lowest BCUT2D eigenvalue weighted by Gasteiger charge is -2.34. The molecule has 2 amide bonds. The summed E-state index contributed by atoms with van der Waals surface area (Å²) in [6.45, 7) is 3.52. The fraction of sp³-hybridized carbons (Fsp3) is 0.227. The summed E-state index contributed by atoms with van der Waals surface area (Å²) in [5.74, 6) is -0.129. The molecule has 2 heterocycles. The highest BCUT2D eigenvalue weighted by atomic mass is 35.5. The monoisotopic (exact) mass is 442 g/mol. The van der Waals surface area contributed by atoms with E-state index in [1.54, 1.807) is 45.7 Å². The second-order valence-electron chi connectivity index (χ2n) is 7.08. The molecule has 8 heteroatoms. The average Bonchev–Trinajstić information content (AvgIpc) is 3.19. The van der Waals surface area contributed by atoms with E-state index in [1.807, 2.05) is 30.3 Å². The molecule has 1 fully saturated rings. The molecule has 0 aliphatic carbocycles. The van der Waals surface area contributed by atoms with Crippen molar-refractivity contribution in [1.82, 2.24) is 19.6 Å². The Balaban J connectivity index is 1.73. The Labute approximate surface area is 184 Å². The zero-order chi connectivity index (χ0) is 21.3. The number of benzene rings is 2. The van der Waals surface area contributed by atoms with E-state index in [-0.39, 0.29) is 11.8 Å². The van der Waals surface area contributed by atoms with Crippen LogP contribution in [0.2, 0.25) is 10.0 Å². The molecule has 154 valence electrons. The van der Waals surface area contributed by atoms with Crippen LogP contribution in [0, 0.1) is 0 Å². The first-order chi connectivity index (χ1) is 14.4. The lowest BCUT2D eigenvalue weighted by molar-refractivity contribution is -0.130. The van der Waals surface area contributed by atoms with Gasteiger partial charge in [0.15, 0.2) is 0 Å². The number of carbonyl (C=O) groups is 2. The van der Waals surface area contributed by atoms with Crippen molar-refractivity contribution in [2.45, 2.75) is 6.92 Å². The van der Waals surface area contributed by atoms with Gasteiger partial charge in [0.05, 0.1) is 16.4 Å². The highest BCUT2D eigenvalue weighted by Gasteiger charge is 2.27. The molecule has 0 atom stereocenters. The Hall–Kier alpha value is -2.83. The van der Waals surface area contributed by atoms with E-state index in [1.165, 1.54) is 0 Å². The van der Waals surface area contributed by atoms with Gasteiger partial charge in [-0.05, 0) is 30.3 Å². The van der Waals surface area contributed by atoms with Crippen LogP contribution in [0.1, 0.15) is 17.4 Å². The standard InChI is InChI=1S/C22H20Cl2N4O2/c1-15(29)26-9-11-27(12-10-26)22(30)21-14-20(18-7-2-3-8-19(18)24)25-28(21)17-6-4-5-16(23)13-17/h2-8,13-14H,9-12H2,1H3. The van der Waals surface area contributed by atoms with Gasteiger partial charge in [-0.25, -0.2) is 4.68 Å². The first-order valence-corrected chi connectivity index (χ1v) is 10.4. The van der Waals surface area contributed by atoms with Crippen LogP contribution in [0.3, 0.4) is 0 Å². The molecule has 2 aromatic carbocycles. The minimum Gasteiger partial charge on any atom is -0.339 e. The van der Waals surface area contributed by atoms with E-state index in [2.05, 4.69) is 5.10 Å². The van der Waals surface area contributed by atoms with Crippen LogP contribution in [-0.2, 0) is 4.79 Å². The summed E-state index contributed by atoms with van der Waals surface area (Å²) >= 11 is 12.5. The highest BCUT2D eigenvalue weighted by molar-refractivity contribution is 6.33. The predicted octanol–water partition coefficient (Wildman–Crippen LogP) is 4.15. The lowest BCUT2D eigenvalue weighted by atomic mass is 10.1. The number of hydrogen-bond donors (Lipinski definition) is 0. The van der Waals surface area contributed by atoms with E-state index in [0.29, 0.717) is 53.3 Å². The van der Waals surface area contributed by atoms with Gasteiger partial charge in [-0.2, -0.15) is 5.10 Å². The number of halogens is 2. The highest BCUT2D eigenvalue weighted by Crippen LogP contribution is 2.29. The number of hydrogen-bond acceptors (Lipinski definition) is 3. The summed E-state index contributed by atoms with van der Waals surface area (Å²) < 4.78 is 1.60. The van der Waals surface area contributed by atoms with Crippen LogP contribution in [0.25, 0.3) is 16.9 Å². The van der Waals surface area contributed by atoms with Crippen LogP contribution in [0.4, 0.5) is 0 Å². The van der Waals surface area contributed by atoms with Crippen molar-refractivity contribution >= 4 is 35.0 Å². The van der Waals surface area contributed by atoms with E-state index >= 15 is 0 Å². The van der Waals surface area contributed by atoms with Crippen molar-refractivity contribution in [3.63, 3.8) is 0 Å². The first kappa shape index (κ1) is 20.4. The molecular weight excluding hydrogens is 423 g/mol. The second-order valence-corrected chi connectivity index (χ2v) is 7.93. The fourth-order valence-corrected chi connectivity index (χ4v) is 3.94. The van der Waals surface area contributed by atoms with E-state index < -0.39 is 0 Å². The van der Waals surface area contributed by atoms with E-state index in [9.17, 15) is 9.59 Å². The topological polar surface area (TPSA) is 58.4 Å². The van der Waals surface area contributed by atoms with Crippen LogP contribution in [0.15, 0.2) is 54.6 Å². The number of piperazine rings is 1. The van der Waals surface area contributed by atoms with Crippen LogP contribution < -0.4 is 0 Å². The molecular formula is C22H20Cl2N4O2. The Bertz CT molecular complexity index is 1100. The Morgan fingerprint density at radius 1 is 0.900 bits per heavy atom. The number of amides is 2. The summed E-state index contributed by atoms with van der Waals surface area (Å²) in [7, 11) is 0. The maximum absolute atomic E-state index is 13.4. The molecule has 30 heavy (non-hydrogen) atoms. The molecule has 0 bridgehead atoms. The van der Waals surface area contributed by atoms with Crippen molar-refractivity contribution in [2.75, 3.05) is 26.2 Å². The molecule has 0 N–H and O–H groups in total. The molecule has 6 nitrogen and oxygen atoms in total. The summed E-state index contributed by atoms with van der Waals surface area (Å²) in [6.07, 6.45) is 0. The Morgan fingerprint density at radius 2 is 1.60 bits per heavy atom. The molecule has 1 saturated heterocycles. The van der Waals surface area contributed by atoms with Crippen molar-refractivity contribution in [2.24, 2.45) is 0 Å². The molecule has 1 aliphatic heterocycles. The normalized spacial score (nSPS) is 14.1. The third-order valence-corrected chi connectivity index (χ3v) is 5.71. The molecule has 1 aromatic heterocycles. The molecule has 3 aromatic rings.